The second-order valence-corrected chi connectivity index (χ2v) is 6.58. The Bertz CT molecular complexity index is 837. The molecule has 134 valence electrons. The van der Waals surface area contributed by atoms with Gasteiger partial charge in [-0.25, -0.2) is 9.18 Å². The van der Waals surface area contributed by atoms with Crippen molar-refractivity contribution in [2.75, 3.05) is 19.7 Å². The van der Waals surface area contributed by atoms with E-state index < -0.39 is 0 Å². The summed E-state index contributed by atoms with van der Waals surface area (Å²) in [7, 11) is 0. The van der Waals surface area contributed by atoms with Crippen LogP contribution in [0.25, 0.3) is 0 Å². The third kappa shape index (κ3) is 3.20. The average Bonchev–Trinajstić information content (AvgIpc) is 2.91. The summed E-state index contributed by atoms with van der Waals surface area (Å²) in [6.45, 7) is 1.11. The maximum Gasteiger partial charge on any atom is 0.327 e. The van der Waals surface area contributed by atoms with Crippen molar-refractivity contribution in [2.45, 2.75) is 19.1 Å². The third-order valence-corrected chi connectivity index (χ3v) is 4.86. The molecule has 26 heavy (non-hydrogen) atoms. The molecule has 0 saturated carbocycles. The van der Waals surface area contributed by atoms with Gasteiger partial charge in [0.2, 0.25) is 5.91 Å². The summed E-state index contributed by atoms with van der Waals surface area (Å²) >= 11 is 0. The van der Waals surface area contributed by atoms with Crippen LogP contribution < -0.4 is 0 Å². The molecule has 0 radical (unpaired) electrons. The predicted molar refractivity (Wildman–Crippen MR) is 92.8 cm³/mol. The number of urea groups is 1. The number of benzene rings is 2. The lowest BCUT2D eigenvalue weighted by atomic mass is 9.97. The standard InChI is InChI=1S/C20H19FN2O3/c21-16-7-5-14(6-8-16)11-22-13-19(24)23(20(22)25)12-18-17-4-2-1-3-15(17)9-10-26-18/h1-8,18H,9-13H2. The van der Waals surface area contributed by atoms with Crippen LogP contribution in [0, 0.1) is 5.82 Å². The molecule has 2 aromatic carbocycles. The topological polar surface area (TPSA) is 49.9 Å². The number of nitrogens with zero attached hydrogens (tertiary/aromatic N) is 2. The number of carbonyl (C=O) groups excluding carboxylic acids is 2. The molecular weight excluding hydrogens is 335 g/mol. The molecule has 4 rings (SSSR count). The van der Waals surface area contributed by atoms with E-state index in [0.29, 0.717) is 6.61 Å². The molecule has 3 amide bonds. The molecule has 1 atom stereocenters. The van der Waals surface area contributed by atoms with Crippen LogP contribution in [-0.4, -0.2) is 41.4 Å². The lowest BCUT2D eigenvalue weighted by Crippen LogP contribution is -2.37. The van der Waals surface area contributed by atoms with Gasteiger partial charge in [-0.15, -0.1) is 0 Å². The Morgan fingerprint density at radius 2 is 1.85 bits per heavy atom. The Labute approximate surface area is 151 Å². The number of hydrogen-bond acceptors (Lipinski definition) is 3. The number of halogens is 1. The van der Waals surface area contributed by atoms with Crippen LogP contribution in [0.2, 0.25) is 0 Å². The average molecular weight is 354 g/mol. The minimum absolute atomic E-state index is 0.0323. The Morgan fingerprint density at radius 1 is 1.08 bits per heavy atom. The maximum absolute atomic E-state index is 13.0. The summed E-state index contributed by atoms with van der Waals surface area (Å²) in [5, 5.41) is 0. The van der Waals surface area contributed by atoms with Crippen LogP contribution in [0.4, 0.5) is 9.18 Å². The fourth-order valence-corrected chi connectivity index (χ4v) is 3.50. The minimum Gasteiger partial charge on any atom is -0.371 e. The van der Waals surface area contributed by atoms with E-state index in [1.165, 1.54) is 27.5 Å². The lowest BCUT2D eigenvalue weighted by molar-refractivity contribution is -0.127. The fraction of sp³-hybridized carbons (Fsp3) is 0.300. The highest BCUT2D eigenvalue weighted by molar-refractivity contribution is 6.02. The van der Waals surface area contributed by atoms with Crippen LogP contribution in [-0.2, 0) is 22.5 Å². The highest BCUT2D eigenvalue weighted by Gasteiger charge is 2.38. The van der Waals surface area contributed by atoms with Gasteiger partial charge in [0, 0.05) is 6.54 Å². The SMILES string of the molecule is O=C1CN(Cc2ccc(F)cc2)C(=O)N1CC1OCCc2ccccc21. The molecule has 1 saturated heterocycles. The van der Waals surface area contributed by atoms with E-state index in [9.17, 15) is 14.0 Å². The van der Waals surface area contributed by atoms with E-state index in [1.54, 1.807) is 12.1 Å². The first kappa shape index (κ1) is 16.7. The van der Waals surface area contributed by atoms with Crippen molar-refractivity contribution >= 4 is 11.9 Å². The molecule has 2 heterocycles. The van der Waals surface area contributed by atoms with E-state index >= 15 is 0 Å². The monoisotopic (exact) mass is 354 g/mol. The van der Waals surface area contributed by atoms with Crippen LogP contribution in [0.1, 0.15) is 22.8 Å². The smallest absolute Gasteiger partial charge is 0.327 e. The quantitative estimate of drug-likeness (QED) is 0.794. The molecular formula is C20H19FN2O3. The molecule has 5 nitrogen and oxygen atoms in total. The Hall–Kier alpha value is -2.73. The first-order valence-electron chi connectivity index (χ1n) is 8.65. The Morgan fingerprint density at radius 3 is 2.65 bits per heavy atom. The van der Waals surface area contributed by atoms with Crippen LogP contribution in [0.3, 0.4) is 0 Å². The molecule has 0 aliphatic carbocycles. The second kappa shape index (κ2) is 6.88. The molecule has 0 aromatic heterocycles. The van der Waals surface area contributed by atoms with Crippen molar-refractivity contribution in [3.63, 3.8) is 0 Å². The van der Waals surface area contributed by atoms with E-state index in [4.69, 9.17) is 4.74 Å². The molecule has 1 fully saturated rings. The van der Waals surface area contributed by atoms with Crippen LogP contribution in [0.15, 0.2) is 48.5 Å². The summed E-state index contributed by atoms with van der Waals surface area (Å²) < 4.78 is 18.8. The number of amides is 3. The summed E-state index contributed by atoms with van der Waals surface area (Å²) in [5.41, 5.74) is 3.02. The van der Waals surface area contributed by atoms with Gasteiger partial charge in [0.1, 0.15) is 18.5 Å². The van der Waals surface area contributed by atoms with Crippen molar-refractivity contribution in [1.82, 2.24) is 9.80 Å². The molecule has 1 unspecified atom stereocenters. The highest BCUT2D eigenvalue weighted by atomic mass is 19.1. The zero-order valence-electron chi connectivity index (χ0n) is 14.2. The molecule has 0 spiro atoms. The lowest BCUT2D eigenvalue weighted by Gasteiger charge is -2.28. The van der Waals surface area contributed by atoms with Crippen molar-refractivity contribution in [1.29, 1.82) is 0 Å². The first-order chi connectivity index (χ1) is 12.6. The summed E-state index contributed by atoms with van der Waals surface area (Å²) in [6.07, 6.45) is 0.546. The van der Waals surface area contributed by atoms with Crippen molar-refractivity contribution in [3.8, 4) is 0 Å². The zero-order chi connectivity index (χ0) is 18.1. The molecule has 6 heteroatoms. The summed E-state index contributed by atoms with van der Waals surface area (Å²) in [5.74, 6) is -0.559. The second-order valence-electron chi connectivity index (χ2n) is 6.58. The number of carbonyl (C=O) groups is 2. The van der Waals surface area contributed by atoms with Crippen molar-refractivity contribution in [2.24, 2.45) is 0 Å². The van der Waals surface area contributed by atoms with Crippen LogP contribution >= 0.6 is 0 Å². The van der Waals surface area contributed by atoms with Crippen LogP contribution in [0.5, 0.6) is 0 Å². The van der Waals surface area contributed by atoms with Gasteiger partial charge in [0.25, 0.3) is 0 Å². The largest absolute Gasteiger partial charge is 0.371 e. The Kier molecular flexibility index (Phi) is 4.42. The highest BCUT2D eigenvalue weighted by Crippen LogP contribution is 2.29. The van der Waals surface area contributed by atoms with Gasteiger partial charge in [0.15, 0.2) is 0 Å². The van der Waals surface area contributed by atoms with E-state index in [2.05, 4.69) is 6.07 Å². The normalized spacial score (nSPS) is 19.8. The summed E-state index contributed by atoms with van der Waals surface area (Å²) in [4.78, 5) is 27.8. The molecule has 0 N–H and O–H groups in total. The summed E-state index contributed by atoms with van der Waals surface area (Å²) in [6, 6.07) is 13.6. The van der Waals surface area contributed by atoms with E-state index in [0.717, 1.165) is 17.5 Å². The number of imide groups is 1. The maximum atomic E-state index is 13.0. The van der Waals surface area contributed by atoms with Gasteiger partial charge in [-0.3, -0.25) is 9.69 Å². The number of rotatable bonds is 4. The Balaban J connectivity index is 1.47. The molecule has 0 bridgehead atoms. The zero-order valence-corrected chi connectivity index (χ0v) is 14.2. The minimum atomic E-state index is -0.328. The van der Waals surface area contributed by atoms with E-state index in [-0.39, 0.29) is 43.5 Å². The van der Waals surface area contributed by atoms with Gasteiger partial charge in [-0.1, -0.05) is 36.4 Å². The van der Waals surface area contributed by atoms with Crippen molar-refractivity contribution < 1.29 is 18.7 Å². The van der Waals surface area contributed by atoms with E-state index in [1.807, 2.05) is 18.2 Å². The molecule has 2 aromatic rings. The number of ether oxygens (including phenoxy) is 1. The predicted octanol–water partition coefficient (Wildman–Crippen LogP) is 2.90. The first-order valence-corrected chi connectivity index (χ1v) is 8.65. The number of hydrogen-bond donors (Lipinski definition) is 0. The molecule has 2 aliphatic heterocycles. The molecule has 2 aliphatic rings. The van der Waals surface area contributed by atoms with Crippen molar-refractivity contribution in [3.05, 3.63) is 71.0 Å². The number of fused-ring (bicyclic) bond motifs is 1. The van der Waals surface area contributed by atoms with Gasteiger partial charge in [-0.2, -0.15) is 0 Å². The van der Waals surface area contributed by atoms with Gasteiger partial charge in [-0.05, 0) is 35.2 Å². The van der Waals surface area contributed by atoms with Gasteiger partial charge < -0.3 is 9.64 Å². The third-order valence-electron chi connectivity index (χ3n) is 4.86. The van der Waals surface area contributed by atoms with Gasteiger partial charge in [0.05, 0.1) is 13.2 Å². The van der Waals surface area contributed by atoms with Gasteiger partial charge >= 0.3 is 6.03 Å². The fourth-order valence-electron chi connectivity index (χ4n) is 3.50.